The highest BCUT2D eigenvalue weighted by molar-refractivity contribution is 5.91. The van der Waals surface area contributed by atoms with E-state index in [0.29, 0.717) is 6.42 Å². The van der Waals surface area contributed by atoms with Crippen LogP contribution in [0.5, 0.6) is 0 Å². The fraction of sp³-hybridized carbons (Fsp3) is 0.750. The van der Waals surface area contributed by atoms with E-state index in [0.717, 1.165) is 19.3 Å². The Balaban J connectivity index is 2.42. The van der Waals surface area contributed by atoms with Gasteiger partial charge in [0.15, 0.2) is 5.78 Å². The van der Waals surface area contributed by atoms with E-state index in [2.05, 4.69) is 6.92 Å². The van der Waals surface area contributed by atoms with Gasteiger partial charge in [0.1, 0.15) is 0 Å². The van der Waals surface area contributed by atoms with Gasteiger partial charge in [0.25, 0.3) is 0 Å². The summed E-state index contributed by atoms with van der Waals surface area (Å²) in [6, 6.07) is 0. The Hall–Kier alpha value is -0.630. The molecule has 0 saturated heterocycles. The van der Waals surface area contributed by atoms with Gasteiger partial charge in [-0.1, -0.05) is 20.3 Å². The lowest BCUT2D eigenvalue weighted by molar-refractivity contribution is -0.137. The molecule has 1 fully saturated rings. The molecule has 0 aromatic heterocycles. The van der Waals surface area contributed by atoms with E-state index in [4.69, 9.17) is 0 Å². The van der Waals surface area contributed by atoms with Crippen molar-refractivity contribution < 1.29 is 9.90 Å². The number of rotatable bonds is 0. The number of fused-ring (bicyclic) bond motifs is 1. The summed E-state index contributed by atoms with van der Waals surface area (Å²) >= 11 is 0. The van der Waals surface area contributed by atoms with Crippen molar-refractivity contribution in [3.05, 3.63) is 12.2 Å². The summed E-state index contributed by atoms with van der Waals surface area (Å²) in [6.45, 7) is 4.13. The minimum atomic E-state index is -0.751. The Morgan fingerprint density at radius 1 is 1.57 bits per heavy atom. The summed E-state index contributed by atoms with van der Waals surface area (Å²) in [5, 5.41) is 10.6. The average Bonchev–Trinajstić information content (AvgIpc) is 2.10. The third-order valence-electron chi connectivity index (χ3n) is 4.17. The van der Waals surface area contributed by atoms with Crippen molar-refractivity contribution in [1.29, 1.82) is 0 Å². The van der Waals surface area contributed by atoms with E-state index in [1.165, 1.54) is 0 Å². The molecular formula is C12H18O2. The van der Waals surface area contributed by atoms with Gasteiger partial charge in [0.05, 0.1) is 5.60 Å². The molecule has 2 nitrogen and oxygen atoms in total. The zero-order valence-electron chi connectivity index (χ0n) is 8.92. The molecule has 0 aromatic carbocycles. The third-order valence-corrected chi connectivity index (χ3v) is 4.17. The molecule has 2 rings (SSSR count). The fourth-order valence-corrected chi connectivity index (χ4v) is 3.07. The first-order chi connectivity index (χ1) is 6.48. The second kappa shape index (κ2) is 2.93. The van der Waals surface area contributed by atoms with E-state index in [-0.39, 0.29) is 17.1 Å². The molecule has 0 radical (unpaired) electrons. The van der Waals surface area contributed by atoms with Crippen LogP contribution in [0.15, 0.2) is 12.2 Å². The molecule has 0 spiro atoms. The van der Waals surface area contributed by atoms with Crippen LogP contribution in [-0.2, 0) is 4.79 Å². The van der Waals surface area contributed by atoms with E-state index >= 15 is 0 Å². The van der Waals surface area contributed by atoms with Crippen molar-refractivity contribution in [2.45, 2.75) is 45.1 Å². The summed E-state index contributed by atoms with van der Waals surface area (Å²) < 4.78 is 0. The van der Waals surface area contributed by atoms with Crippen molar-refractivity contribution in [3.8, 4) is 0 Å². The Morgan fingerprint density at radius 2 is 2.29 bits per heavy atom. The van der Waals surface area contributed by atoms with Gasteiger partial charge in [-0.3, -0.25) is 4.79 Å². The predicted molar refractivity (Wildman–Crippen MR) is 54.8 cm³/mol. The van der Waals surface area contributed by atoms with Crippen molar-refractivity contribution in [3.63, 3.8) is 0 Å². The zero-order chi connectivity index (χ0) is 10.4. The van der Waals surface area contributed by atoms with E-state index < -0.39 is 5.60 Å². The van der Waals surface area contributed by atoms with Crippen LogP contribution in [0.2, 0.25) is 0 Å². The van der Waals surface area contributed by atoms with Crippen LogP contribution in [0.4, 0.5) is 0 Å². The minimum Gasteiger partial charge on any atom is -0.385 e. The lowest BCUT2D eigenvalue weighted by atomic mass is 9.56. The van der Waals surface area contributed by atoms with Crippen molar-refractivity contribution in [2.75, 3.05) is 0 Å². The molecule has 3 atom stereocenters. The van der Waals surface area contributed by atoms with Crippen LogP contribution in [0, 0.1) is 11.3 Å². The van der Waals surface area contributed by atoms with Gasteiger partial charge in [-0.2, -0.15) is 0 Å². The zero-order valence-corrected chi connectivity index (χ0v) is 8.92. The third kappa shape index (κ3) is 1.17. The summed E-state index contributed by atoms with van der Waals surface area (Å²) in [6.07, 6.45) is 6.95. The molecular weight excluding hydrogens is 176 g/mol. The number of hydrogen-bond acceptors (Lipinski definition) is 2. The maximum Gasteiger partial charge on any atom is 0.156 e. The predicted octanol–water partition coefficient (Wildman–Crippen LogP) is 2.07. The van der Waals surface area contributed by atoms with Gasteiger partial charge < -0.3 is 5.11 Å². The second-order valence-corrected chi connectivity index (χ2v) is 5.16. The molecule has 0 unspecified atom stereocenters. The topological polar surface area (TPSA) is 37.3 Å². The van der Waals surface area contributed by atoms with Crippen molar-refractivity contribution in [1.82, 2.24) is 0 Å². The number of ketones is 1. The molecule has 78 valence electrons. The van der Waals surface area contributed by atoms with Gasteiger partial charge in [0.2, 0.25) is 0 Å². The normalized spacial score (nSPS) is 47.6. The van der Waals surface area contributed by atoms with Gasteiger partial charge in [-0.15, -0.1) is 0 Å². The van der Waals surface area contributed by atoms with Crippen molar-refractivity contribution >= 4 is 5.78 Å². The summed E-state index contributed by atoms with van der Waals surface area (Å²) in [4.78, 5) is 11.4. The Kier molecular flexibility index (Phi) is 2.07. The highest BCUT2D eigenvalue weighted by Crippen LogP contribution is 2.52. The molecule has 14 heavy (non-hydrogen) atoms. The van der Waals surface area contributed by atoms with Gasteiger partial charge >= 0.3 is 0 Å². The lowest BCUT2D eigenvalue weighted by Gasteiger charge is -2.52. The van der Waals surface area contributed by atoms with Crippen LogP contribution < -0.4 is 0 Å². The number of aliphatic hydroxyl groups is 1. The van der Waals surface area contributed by atoms with Crippen LogP contribution in [0.25, 0.3) is 0 Å². The van der Waals surface area contributed by atoms with Gasteiger partial charge in [-0.05, 0) is 30.9 Å². The van der Waals surface area contributed by atoms with Crippen LogP contribution in [-0.4, -0.2) is 16.5 Å². The SMILES string of the molecule is C[C@H]1CCC[C@]2(C)CC(=O)C=C[C@@]12O. The molecule has 0 heterocycles. The quantitative estimate of drug-likeness (QED) is 0.641. The molecule has 0 bridgehead atoms. The van der Waals surface area contributed by atoms with Gasteiger partial charge in [0, 0.05) is 11.8 Å². The molecule has 2 aliphatic carbocycles. The number of carbonyl (C=O) groups excluding carboxylic acids is 1. The van der Waals surface area contributed by atoms with E-state index in [1.807, 2.05) is 6.92 Å². The standard InChI is InChI=1S/C12H18O2/c1-9-4-3-6-11(2)8-10(13)5-7-12(9,11)14/h5,7,9,14H,3-4,6,8H2,1-2H3/t9-,11+,12+/m0/s1. The number of allylic oxidation sites excluding steroid dienone is 1. The van der Waals surface area contributed by atoms with Crippen LogP contribution >= 0.6 is 0 Å². The summed E-state index contributed by atoms with van der Waals surface area (Å²) in [5.41, 5.74) is -0.977. The van der Waals surface area contributed by atoms with E-state index in [9.17, 15) is 9.90 Å². The molecule has 2 aliphatic rings. The largest absolute Gasteiger partial charge is 0.385 e. The monoisotopic (exact) mass is 194 g/mol. The fourth-order valence-electron chi connectivity index (χ4n) is 3.07. The van der Waals surface area contributed by atoms with Crippen molar-refractivity contribution in [2.24, 2.45) is 11.3 Å². The van der Waals surface area contributed by atoms with E-state index in [1.54, 1.807) is 12.2 Å². The average molecular weight is 194 g/mol. The smallest absolute Gasteiger partial charge is 0.156 e. The first-order valence-corrected chi connectivity index (χ1v) is 5.42. The maximum absolute atomic E-state index is 11.4. The molecule has 0 amide bonds. The highest BCUT2D eigenvalue weighted by atomic mass is 16.3. The molecule has 1 saturated carbocycles. The molecule has 1 N–H and O–H groups in total. The summed E-state index contributed by atoms with van der Waals surface area (Å²) in [5.74, 6) is 0.428. The number of carbonyl (C=O) groups is 1. The molecule has 0 aromatic rings. The minimum absolute atomic E-state index is 0.159. The number of hydrogen-bond donors (Lipinski definition) is 1. The maximum atomic E-state index is 11.4. The Bertz CT molecular complexity index is 295. The van der Waals surface area contributed by atoms with Crippen LogP contribution in [0.1, 0.15) is 39.5 Å². The lowest BCUT2D eigenvalue weighted by Crippen LogP contribution is -2.55. The Morgan fingerprint density at radius 3 is 3.00 bits per heavy atom. The first-order valence-electron chi connectivity index (χ1n) is 5.42. The highest BCUT2D eigenvalue weighted by Gasteiger charge is 2.53. The first kappa shape index (κ1) is 9.91. The molecule has 2 heteroatoms. The molecule has 0 aliphatic heterocycles. The second-order valence-electron chi connectivity index (χ2n) is 5.16. The van der Waals surface area contributed by atoms with Gasteiger partial charge in [-0.25, -0.2) is 0 Å². The Labute approximate surface area is 85.0 Å². The summed E-state index contributed by atoms with van der Waals surface area (Å²) in [7, 11) is 0. The van der Waals surface area contributed by atoms with Crippen LogP contribution in [0.3, 0.4) is 0 Å².